The molecule has 138 valence electrons. The Kier molecular flexibility index (Phi) is 6.50. The summed E-state index contributed by atoms with van der Waals surface area (Å²) < 4.78 is 10.8. The van der Waals surface area contributed by atoms with Crippen LogP contribution in [0.4, 0.5) is 0 Å². The third kappa shape index (κ3) is 4.99. The first-order chi connectivity index (χ1) is 12.8. The van der Waals surface area contributed by atoms with Crippen LogP contribution < -0.4 is 14.8 Å². The van der Waals surface area contributed by atoms with Crippen molar-refractivity contribution in [1.82, 2.24) is 10.2 Å². The SMILES string of the molecule is COc1ccccc1OCC(=O)NCc1ccccc1CN1CCCC1. The normalized spacial score (nSPS) is 14.2. The number of nitrogens with one attached hydrogen (secondary N) is 1. The molecule has 1 aliphatic rings. The Morgan fingerprint density at radius 3 is 2.38 bits per heavy atom. The lowest BCUT2D eigenvalue weighted by molar-refractivity contribution is -0.123. The highest BCUT2D eigenvalue weighted by Gasteiger charge is 2.14. The van der Waals surface area contributed by atoms with Gasteiger partial charge in [0.05, 0.1) is 7.11 Å². The van der Waals surface area contributed by atoms with Crippen molar-refractivity contribution >= 4 is 5.91 Å². The van der Waals surface area contributed by atoms with Gasteiger partial charge in [-0.15, -0.1) is 0 Å². The molecule has 3 rings (SSSR count). The number of hydrogen-bond acceptors (Lipinski definition) is 4. The van der Waals surface area contributed by atoms with Gasteiger partial charge in [-0.3, -0.25) is 9.69 Å². The molecule has 1 heterocycles. The molecule has 2 aromatic carbocycles. The molecular formula is C21H26N2O3. The lowest BCUT2D eigenvalue weighted by Gasteiger charge is -2.18. The number of rotatable bonds is 8. The molecule has 1 amide bonds. The van der Waals surface area contributed by atoms with E-state index in [2.05, 4.69) is 28.4 Å². The predicted octanol–water partition coefficient (Wildman–Crippen LogP) is 2.99. The lowest BCUT2D eigenvalue weighted by atomic mass is 10.1. The Balaban J connectivity index is 1.51. The van der Waals surface area contributed by atoms with Crippen LogP contribution in [0.15, 0.2) is 48.5 Å². The number of para-hydroxylation sites is 2. The second-order valence-electron chi connectivity index (χ2n) is 6.47. The second kappa shape index (κ2) is 9.25. The number of benzene rings is 2. The minimum Gasteiger partial charge on any atom is -0.493 e. The molecule has 1 N–H and O–H groups in total. The number of methoxy groups -OCH3 is 1. The van der Waals surface area contributed by atoms with E-state index in [1.807, 2.05) is 24.3 Å². The first-order valence-electron chi connectivity index (χ1n) is 9.08. The Bertz CT molecular complexity index is 727. The molecule has 0 unspecified atom stereocenters. The standard InChI is InChI=1S/C21H26N2O3/c1-25-19-10-4-5-11-20(19)26-16-21(24)22-14-17-8-2-3-9-18(17)15-23-12-6-7-13-23/h2-5,8-11H,6-7,12-16H2,1H3,(H,22,24). The lowest BCUT2D eigenvalue weighted by Crippen LogP contribution is -2.29. The van der Waals surface area contributed by atoms with Crippen LogP contribution >= 0.6 is 0 Å². The van der Waals surface area contributed by atoms with Crippen molar-refractivity contribution in [2.45, 2.75) is 25.9 Å². The fourth-order valence-corrected chi connectivity index (χ4v) is 3.19. The summed E-state index contributed by atoms with van der Waals surface area (Å²) in [7, 11) is 1.58. The van der Waals surface area contributed by atoms with Gasteiger partial charge >= 0.3 is 0 Å². The molecule has 5 nitrogen and oxygen atoms in total. The summed E-state index contributed by atoms with van der Waals surface area (Å²) in [6.07, 6.45) is 2.55. The Morgan fingerprint density at radius 2 is 1.65 bits per heavy atom. The molecule has 1 saturated heterocycles. The van der Waals surface area contributed by atoms with Crippen LogP contribution in [0.3, 0.4) is 0 Å². The van der Waals surface area contributed by atoms with Crippen molar-refractivity contribution in [3.05, 3.63) is 59.7 Å². The van der Waals surface area contributed by atoms with Gasteiger partial charge in [-0.05, 0) is 49.2 Å². The smallest absolute Gasteiger partial charge is 0.258 e. The third-order valence-electron chi connectivity index (χ3n) is 4.61. The van der Waals surface area contributed by atoms with Gasteiger partial charge in [0.2, 0.25) is 0 Å². The van der Waals surface area contributed by atoms with E-state index in [0.717, 1.165) is 25.2 Å². The minimum atomic E-state index is -0.146. The van der Waals surface area contributed by atoms with Gasteiger partial charge in [0.25, 0.3) is 5.91 Å². The molecule has 0 bridgehead atoms. The summed E-state index contributed by atoms with van der Waals surface area (Å²) >= 11 is 0. The van der Waals surface area contributed by atoms with E-state index in [-0.39, 0.29) is 12.5 Å². The monoisotopic (exact) mass is 354 g/mol. The number of carbonyl (C=O) groups is 1. The molecule has 1 aliphatic heterocycles. The number of likely N-dealkylation sites (tertiary alicyclic amines) is 1. The predicted molar refractivity (Wildman–Crippen MR) is 101 cm³/mol. The van der Waals surface area contributed by atoms with E-state index in [4.69, 9.17) is 9.47 Å². The highest BCUT2D eigenvalue weighted by Crippen LogP contribution is 2.25. The van der Waals surface area contributed by atoms with Crippen LogP contribution in [0.5, 0.6) is 11.5 Å². The number of ether oxygens (including phenoxy) is 2. The maximum Gasteiger partial charge on any atom is 0.258 e. The maximum absolute atomic E-state index is 12.2. The number of hydrogen-bond donors (Lipinski definition) is 1. The van der Waals surface area contributed by atoms with Gasteiger partial charge in [-0.25, -0.2) is 0 Å². The molecular weight excluding hydrogens is 328 g/mol. The zero-order chi connectivity index (χ0) is 18.2. The van der Waals surface area contributed by atoms with Crippen molar-refractivity contribution in [1.29, 1.82) is 0 Å². The van der Waals surface area contributed by atoms with Gasteiger partial charge in [0.15, 0.2) is 18.1 Å². The number of carbonyl (C=O) groups excluding carboxylic acids is 1. The first-order valence-corrected chi connectivity index (χ1v) is 9.08. The second-order valence-corrected chi connectivity index (χ2v) is 6.47. The zero-order valence-corrected chi connectivity index (χ0v) is 15.2. The molecule has 0 aromatic heterocycles. The van der Waals surface area contributed by atoms with E-state index in [1.54, 1.807) is 13.2 Å². The van der Waals surface area contributed by atoms with Gasteiger partial charge in [0, 0.05) is 13.1 Å². The van der Waals surface area contributed by atoms with E-state index in [9.17, 15) is 4.79 Å². The summed E-state index contributed by atoms with van der Waals surface area (Å²) in [4.78, 5) is 14.6. The third-order valence-corrected chi connectivity index (χ3v) is 4.61. The summed E-state index contributed by atoms with van der Waals surface area (Å²) in [5.41, 5.74) is 2.44. The Labute approximate surface area is 154 Å². The van der Waals surface area contributed by atoms with Gasteiger partial charge in [0.1, 0.15) is 0 Å². The topological polar surface area (TPSA) is 50.8 Å². The van der Waals surface area contributed by atoms with Gasteiger partial charge in [-0.1, -0.05) is 36.4 Å². The van der Waals surface area contributed by atoms with Crippen molar-refractivity contribution in [2.24, 2.45) is 0 Å². The average Bonchev–Trinajstić information content (AvgIpc) is 3.19. The Hall–Kier alpha value is -2.53. The summed E-state index contributed by atoms with van der Waals surface area (Å²) in [6.45, 7) is 3.75. The molecule has 0 aliphatic carbocycles. The average molecular weight is 354 g/mol. The summed E-state index contributed by atoms with van der Waals surface area (Å²) in [5, 5.41) is 2.95. The molecule has 26 heavy (non-hydrogen) atoms. The van der Waals surface area contributed by atoms with Crippen molar-refractivity contribution in [3.63, 3.8) is 0 Å². The van der Waals surface area contributed by atoms with E-state index in [0.29, 0.717) is 18.0 Å². The van der Waals surface area contributed by atoms with Crippen molar-refractivity contribution in [3.8, 4) is 11.5 Å². The summed E-state index contributed by atoms with van der Waals surface area (Å²) in [6, 6.07) is 15.6. The minimum absolute atomic E-state index is 0.0331. The van der Waals surface area contributed by atoms with E-state index < -0.39 is 0 Å². The molecule has 1 fully saturated rings. The van der Waals surface area contributed by atoms with Crippen molar-refractivity contribution < 1.29 is 14.3 Å². The molecule has 0 spiro atoms. The van der Waals surface area contributed by atoms with Crippen LogP contribution in [0.2, 0.25) is 0 Å². The highest BCUT2D eigenvalue weighted by molar-refractivity contribution is 5.77. The van der Waals surface area contributed by atoms with Crippen LogP contribution in [0.25, 0.3) is 0 Å². The first kappa shape index (κ1) is 18.3. The number of amides is 1. The van der Waals surface area contributed by atoms with Crippen LogP contribution in [-0.4, -0.2) is 37.6 Å². The van der Waals surface area contributed by atoms with Gasteiger partial charge < -0.3 is 14.8 Å². The van der Waals surface area contributed by atoms with Crippen LogP contribution in [0, 0.1) is 0 Å². The molecule has 0 saturated carbocycles. The Morgan fingerprint density at radius 1 is 1.00 bits per heavy atom. The quantitative estimate of drug-likeness (QED) is 0.792. The van der Waals surface area contributed by atoms with Crippen molar-refractivity contribution in [2.75, 3.05) is 26.8 Å². The highest BCUT2D eigenvalue weighted by atomic mass is 16.5. The molecule has 0 radical (unpaired) electrons. The molecule has 2 aromatic rings. The maximum atomic E-state index is 12.2. The number of nitrogens with zero attached hydrogens (tertiary/aromatic N) is 1. The largest absolute Gasteiger partial charge is 0.493 e. The molecule has 5 heteroatoms. The van der Waals surface area contributed by atoms with E-state index >= 15 is 0 Å². The fraction of sp³-hybridized carbons (Fsp3) is 0.381. The van der Waals surface area contributed by atoms with Gasteiger partial charge in [-0.2, -0.15) is 0 Å². The molecule has 0 atom stereocenters. The zero-order valence-electron chi connectivity index (χ0n) is 15.2. The summed E-state index contributed by atoms with van der Waals surface area (Å²) in [5.74, 6) is 1.04. The fourth-order valence-electron chi connectivity index (χ4n) is 3.19. The van der Waals surface area contributed by atoms with Crippen LogP contribution in [-0.2, 0) is 17.9 Å². The van der Waals surface area contributed by atoms with E-state index in [1.165, 1.54) is 18.4 Å². The van der Waals surface area contributed by atoms with Crippen LogP contribution in [0.1, 0.15) is 24.0 Å².